The number of aliphatic imine (C=N–C) groups is 1. The summed E-state index contributed by atoms with van der Waals surface area (Å²) in [6.45, 7) is 5.70. The van der Waals surface area contributed by atoms with E-state index in [1.165, 1.54) is 11.3 Å². The van der Waals surface area contributed by atoms with Crippen molar-refractivity contribution in [1.29, 1.82) is 10.5 Å². The number of rotatable bonds is 5. The first-order valence-corrected chi connectivity index (χ1v) is 11.8. The van der Waals surface area contributed by atoms with Crippen molar-refractivity contribution < 1.29 is 9.59 Å². The van der Waals surface area contributed by atoms with Crippen molar-refractivity contribution in [3.63, 3.8) is 0 Å². The number of nitrogens with two attached hydrogens (primary N) is 1. The maximum absolute atomic E-state index is 13.0. The molecule has 1 aromatic heterocycles. The minimum Gasteiger partial charge on any atom is -0.396 e. The van der Waals surface area contributed by atoms with Crippen molar-refractivity contribution in [3.8, 4) is 12.1 Å². The Labute approximate surface area is 212 Å². The van der Waals surface area contributed by atoms with E-state index in [0.29, 0.717) is 33.3 Å². The van der Waals surface area contributed by atoms with E-state index in [4.69, 9.17) is 11.0 Å². The molecule has 0 unspecified atom stereocenters. The Kier molecular flexibility index (Phi) is 6.47. The van der Waals surface area contributed by atoms with E-state index in [1.807, 2.05) is 19.1 Å². The highest BCUT2D eigenvalue weighted by molar-refractivity contribution is 7.19. The van der Waals surface area contributed by atoms with E-state index in [1.54, 1.807) is 50.2 Å². The number of amides is 2. The summed E-state index contributed by atoms with van der Waals surface area (Å²) in [6.07, 6.45) is 0. The normalized spacial score (nSPS) is 12.3. The van der Waals surface area contributed by atoms with Crippen molar-refractivity contribution in [1.82, 2.24) is 0 Å². The second kappa shape index (κ2) is 9.53. The molecule has 0 bridgehead atoms. The lowest BCUT2D eigenvalue weighted by atomic mass is 9.85. The maximum Gasteiger partial charge on any atom is 0.268 e. The number of nitrogens with one attached hydrogen (secondary N) is 3. The van der Waals surface area contributed by atoms with Gasteiger partial charge in [-0.3, -0.25) is 9.59 Å². The summed E-state index contributed by atoms with van der Waals surface area (Å²) >= 11 is 1.17. The minimum absolute atomic E-state index is 0.203. The van der Waals surface area contributed by atoms with Crippen LogP contribution >= 0.6 is 11.3 Å². The van der Waals surface area contributed by atoms with Gasteiger partial charge in [0.05, 0.1) is 23.7 Å². The third-order valence-electron chi connectivity index (χ3n) is 5.79. The van der Waals surface area contributed by atoms with E-state index in [9.17, 15) is 14.9 Å². The van der Waals surface area contributed by atoms with Gasteiger partial charge in [-0.05, 0) is 56.2 Å². The van der Waals surface area contributed by atoms with Gasteiger partial charge < -0.3 is 21.7 Å². The number of nitriles is 2. The molecule has 0 spiro atoms. The van der Waals surface area contributed by atoms with Crippen LogP contribution in [0.25, 0.3) is 0 Å². The summed E-state index contributed by atoms with van der Waals surface area (Å²) in [5.41, 5.74) is 9.29. The van der Waals surface area contributed by atoms with Crippen LogP contribution in [0, 0.1) is 29.6 Å². The van der Waals surface area contributed by atoms with Crippen LogP contribution in [0.5, 0.6) is 0 Å². The summed E-state index contributed by atoms with van der Waals surface area (Å²) < 4.78 is 0. The highest BCUT2D eigenvalue weighted by Crippen LogP contribution is 2.44. The Hall–Kier alpha value is -4.67. The molecular formula is C26H23N7O2S. The zero-order chi connectivity index (χ0) is 26.0. The second-order valence-corrected chi connectivity index (χ2v) is 9.82. The van der Waals surface area contributed by atoms with Crippen LogP contribution in [0.1, 0.15) is 45.0 Å². The molecule has 10 heteroatoms. The number of anilines is 4. The molecule has 0 atom stereocenters. The van der Waals surface area contributed by atoms with Gasteiger partial charge in [0.15, 0.2) is 0 Å². The smallest absolute Gasteiger partial charge is 0.268 e. The van der Waals surface area contributed by atoms with Gasteiger partial charge in [0, 0.05) is 16.9 Å². The largest absolute Gasteiger partial charge is 0.396 e. The molecule has 1 aliphatic heterocycles. The number of carbonyl (C=O) groups excluding carboxylic acids is 2. The van der Waals surface area contributed by atoms with E-state index in [0.717, 1.165) is 11.1 Å². The van der Waals surface area contributed by atoms with Crippen LogP contribution in [-0.2, 0) is 5.41 Å². The molecule has 2 amide bonds. The first-order chi connectivity index (χ1) is 17.1. The average molecular weight is 498 g/mol. The number of aryl methyl sites for hydroxylation is 1. The first kappa shape index (κ1) is 24.5. The van der Waals surface area contributed by atoms with Crippen LogP contribution in [0.3, 0.4) is 0 Å². The predicted octanol–water partition coefficient (Wildman–Crippen LogP) is 4.97. The van der Waals surface area contributed by atoms with Gasteiger partial charge in [-0.25, -0.2) is 4.99 Å². The topological polar surface area (TPSA) is 156 Å². The number of nitrogen functional groups attached to an aromatic ring is 1. The highest BCUT2D eigenvalue weighted by Gasteiger charge is 2.25. The molecule has 4 rings (SSSR count). The summed E-state index contributed by atoms with van der Waals surface area (Å²) in [7, 11) is 0. The molecule has 0 aliphatic carbocycles. The van der Waals surface area contributed by atoms with Crippen LogP contribution in [0.15, 0.2) is 47.5 Å². The van der Waals surface area contributed by atoms with Crippen molar-refractivity contribution in [2.24, 2.45) is 4.99 Å². The number of carbonyl (C=O) groups is 2. The van der Waals surface area contributed by atoms with Gasteiger partial charge in [-0.2, -0.15) is 10.5 Å². The number of fused-ring (bicyclic) bond motifs is 1. The van der Waals surface area contributed by atoms with E-state index in [2.05, 4.69) is 27.0 Å². The lowest BCUT2D eigenvalue weighted by molar-refractivity contribution is 0.102. The fourth-order valence-corrected chi connectivity index (χ4v) is 4.52. The van der Waals surface area contributed by atoms with Gasteiger partial charge in [0.25, 0.3) is 11.8 Å². The first-order valence-electron chi connectivity index (χ1n) is 11.0. The molecule has 5 N–H and O–H groups in total. The van der Waals surface area contributed by atoms with E-state index in [-0.39, 0.29) is 23.0 Å². The summed E-state index contributed by atoms with van der Waals surface area (Å²) in [6, 6.07) is 16.4. The lowest BCUT2D eigenvalue weighted by Crippen LogP contribution is -2.17. The van der Waals surface area contributed by atoms with Crippen LogP contribution in [0.4, 0.5) is 27.8 Å². The molecule has 0 fully saturated rings. The third kappa shape index (κ3) is 4.76. The number of benzene rings is 2. The van der Waals surface area contributed by atoms with Crippen molar-refractivity contribution >= 4 is 56.6 Å². The number of thiophene rings is 1. The monoisotopic (exact) mass is 497 g/mol. The standard InChI is InChI=1S/C26H23N7O2S/c1-14-7-8-17(32-23(34)15-5-4-6-16(9-15)26(2,3)13-28)10-19(14)33-24(35)22-20(29)21-25(36-22)30-12-18(11-27)31-21/h4-10,30H,12,29H2,1-3H3,(H,32,34)(H,33,35). The maximum atomic E-state index is 13.0. The molecule has 1 aliphatic rings. The Bertz CT molecular complexity index is 1510. The van der Waals surface area contributed by atoms with Gasteiger partial charge in [0.2, 0.25) is 0 Å². The Morgan fingerprint density at radius 2 is 1.92 bits per heavy atom. The summed E-state index contributed by atoms with van der Waals surface area (Å²) in [5, 5.41) is 27.9. The fraction of sp³-hybridized carbons (Fsp3) is 0.192. The van der Waals surface area contributed by atoms with Gasteiger partial charge in [-0.1, -0.05) is 18.2 Å². The Morgan fingerprint density at radius 1 is 1.14 bits per heavy atom. The van der Waals surface area contributed by atoms with Crippen molar-refractivity contribution in [2.45, 2.75) is 26.2 Å². The molecule has 9 nitrogen and oxygen atoms in total. The van der Waals surface area contributed by atoms with Crippen LogP contribution in [0.2, 0.25) is 0 Å². The molecule has 36 heavy (non-hydrogen) atoms. The molecule has 2 heterocycles. The number of nitrogens with zero attached hydrogens (tertiary/aromatic N) is 3. The molecule has 3 aromatic rings. The zero-order valence-corrected chi connectivity index (χ0v) is 20.7. The number of hydrogen-bond acceptors (Lipinski definition) is 8. The predicted molar refractivity (Wildman–Crippen MR) is 142 cm³/mol. The third-order valence-corrected chi connectivity index (χ3v) is 6.94. The fourth-order valence-electron chi connectivity index (χ4n) is 3.57. The van der Waals surface area contributed by atoms with Crippen molar-refractivity contribution in [3.05, 3.63) is 64.0 Å². The number of hydrogen-bond donors (Lipinski definition) is 4. The van der Waals surface area contributed by atoms with Crippen LogP contribution in [-0.4, -0.2) is 24.1 Å². The Morgan fingerprint density at radius 3 is 2.64 bits per heavy atom. The van der Waals surface area contributed by atoms with Crippen molar-refractivity contribution in [2.75, 3.05) is 28.2 Å². The molecule has 0 saturated carbocycles. The van der Waals surface area contributed by atoms with Gasteiger partial charge in [0.1, 0.15) is 27.3 Å². The zero-order valence-electron chi connectivity index (χ0n) is 19.9. The minimum atomic E-state index is -0.725. The highest BCUT2D eigenvalue weighted by atomic mass is 32.1. The van der Waals surface area contributed by atoms with Gasteiger partial charge in [-0.15, -0.1) is 11.3 Å². The van der Waals surface area contributed by atoms with Gasteiger partial charge >= 0.3 is 0 Å². The average Bonchev–Trinajstić information content (AvgIpc) is 3.21. The SMILES string of the molecule is Cc1ccc(NC(=O)c2cccc(C(C)(C)C#N)c2)cc1NC(=O)c1sc2c(c1N)N=C(C#N)CN2. The van der Waals surface area contributed by atoms with E-state index < -0.39 is 11.3 Å². The lowest BCUT2D eigenvalue weighted by Gasteiger charge is -2.17. The molecule has 180 valence electrons. The second-order valence-electron chi connectivity index (χ2n) is 8.80. The molecule has 0 saturated heterocycles. The molecule has 2 aromatic carbocycles. The quantitative estimate of drug-likeness (QED) is 0.390. The molecular weight excluding hydrogens is 474 g/mol. The Balaban J connectivity index is 1.54. The molecule has 0 radical (unpaired) electrons. The summed E-state index contributed by atoms with van der Waals surface area (Å²) in [5.74, 6) is -0.750. The van der Waals surface area contributed by atoms with E-state index >= 15 is 0 Å². The van der Waals surface area contributed by atoms with Crippen LogP contribution < -0.4 is 21.7 Å². The summed E-state index contributed by atoms with van der Waals surface area (Å²) in [4.78, 5) is 30.4.